The summed E-state index contributed by atoms with van der Waals surface area (Å²) < 4.78 is 1.56. The van der Waals surface area contributed by atoms with Gasteiger partial charge >= 0.3 is 0 Å². The molecule has 0 saturated heterocycles. The largest absolute Gasteiger partial charge is 0.325 e. The van der Waals surface area contributed by atoms with Crippen molar-refractivity contribution in [2.75, 3.05) is 18.4 Å². The van der Waals surface area contributed by atoms with Crippen molar-refractivity contribution >= 4 is 11.6 Å². The molecule has 0 saturated carbocycles. The predicted molar refractivity (Wildman–Crippen MR) is 74.2 cm³/mol. The number of benzene rings is 1. The first-order valence-electron chi connectivity index (χ1n) is 5.99. The highest BCUT2D eigenvalue weighted by Gasteiger charge is 2.06. The maximum absolute atomic E-state index is 11.6. The quantitative estimate of drug-likeness (QED) is 0.596. The van der Waals surface area contributed by atoms with Gasteiger partial charge in [0.2, 0.25) is 5.91 Å². The lowest BCUT2D eigenvalue weighted by atomic mass is 10.2. The number of hydrogen-bond acceptors (Lipinski definition) is 5. The number of nitrogens with zero attached hydrogens (tertiary/aromatic N) is 4. The van der Waals surface area contributed by atoms with Crippen LogP contribution in [0.3, 0.4) is 0 Å². The smallest absolute Gasteiger partial charge is 0.238 e. The van der Waals surface area contributed by atoms with E-state index in [-0.39, 0.29) is 12.5 Å². The number of nitrogens with one attached hydrogen (secondary N) is 2. The van der Waals surface area contributed by atoms with Crippen molar-refractivity contribution in [3.63, 3.8) is 0 Å². The molecule has 2 rings (SSSR count). The van der Waals surface area contributed by atoms with E-state index in [1.807, 2.05) is 19.1 Å². The Bertz CT molecular complexity index is 629. The molecule has 0 bridgehead atoms. The van der Waals surface area contributed by atoms with Gasteiger partial charge in [0.05, 0.1) is 18.8 Å². The molecule has 7 nitrogen and oxygen atoms in total. The van der Waals surface area contributed by atoms with Crippen LogP contribution in [-0.2, 0) is 4.79 Å². The summed E-state index contributed by atoms with van der Waals surface area (Å²) in [6.07, 6.45) is 6.61. The van der Waals surface area contributed by atoms with Crippen LogP contribution in [0.4, 0.5) is 5.69 Å². The van der Waals surface area contributed by atoms with Gasteiger partial charge in [-0.2, -0.15) is 0 Å². The van der Waals surface area contributed by atoms with Gasteiger partial charge in [0.1, 0.15) is 6.33 Å². The molecular formula is C13H14N6O. The van der Waals surface area contributed by atoms with Gasteiger partial charge in [-0.1, -0.05) is 5.92 Å². The van der Waals surface area contributed by atoms with Crippen molar-refractivity contribution in [2.24, 2.45) is 0 Å². The molecular weight excluding hydrogens is 256 g/mol. The van der Waals surface area contributed by atoms with Gasteiger partial charge in [-0.05, 0) is 41.1 Å². The molecule has 20 heavy (non-hydrogen) atoms. The molecule has 0 atom stereocenters. The molecule has 102 valence electrons. The maximum atomic E-state index is 11.6. The van der Waals surface area contributed by atoms with Crippen LogP contribution in [0.1, 0.15) is 5.56 Å². The van der Waals surface area contributed by atoms with E-state index >= 15 is 0 Å². The van der Waals surface area contributed by atoms with Crippen LogP contribution in [0.5, 0.6) is 0 Å². The standard InChI is InChI=1S/C13H14N6O/c1-3-6-14-8-13(20)16-11-4-5-12(10(2)7-11)19-9-15-17-18-19/h1,4-5,7,9,14H,6,8H2,2H3,(H,16,20). The molecule has 0 radical (unpaired) electrons. The van der Waals surface area contributed by atoms with Crippen LogP contribution in [-0.4, -0.2) is 39.2 Å². The third-order valence-corrected chi connectivity index (χ3v) is 2.59. The van der Waals surface area contributed by atoms with Gasteiger partial charge in [-0.3, -0.25) is 10.1 Å². The Balaban J connectivity index is 2.03. The summed E-state index contributed by atoms with van der Waals surface area (Å²) >= 11 is 0. The van der Waals surface area contributed by atoms with Crippen LogP contribution in [0.15, 0.2) is 24.5 Å². The fraction of sp³-hybridized carbons (Fsp3) is 0.231. The molecule has 2 aromatic rings. The number of hydrogen-bond donors (Lipinski definition) is 2. The van der Waals surface area contributed by atoms with Crippen LogP contribution < -0.4 is 10.6 Å². The van der Waals surface area contributed by atoms with E-state index in [2.05, 4.69) is 32.1 Å². The summed E-state index contributed by atoms with van der Waals surface area (Å²) in [7, 11) is 0. The Morgan fingerprint density at radius 1 is 1.50 bits per heavy atom. The third-order valence-electron chi connectivity index (χ3n) is 2.59. The third kappa shape index (κ3) is 3.40. The zero-order chi connectivity index (χ0) is 14.4. The van der Waals surface area contributed by atoms with Gasteiger partial charge < -0.3 is 5.32 Å². The number of amides is 1. The van der Waals surface area contributed by atoms with Crippen LogP contribution in [0, 0.1) is 19.3 Å². The number of tetrazole rings is 1. The molecule has 0 aliphatic rings. The first kappa shape index (κ1) is 13.7. The van der Waals surface area contributed by atoms with E-state index in [0.717, 1.165) is 11.3 Å². The fourth-order valence-electron chi connectivity index (χ4n) is 1.72. The normalized spacial score (nSPS) is 10.0. The van der Waals surface area contributed by atoms with Gasteiger partial charge in [-0.25, -0.2) is 4.68 Å². The predicted octanol–water partition coefficient (Wildman–Crippen LogP) is 0.132. The SMILES string of the molecule is C#CCNCC(=O)Nc1ccc(-n2cnnn2)c(C)c1. The van der Waals surface area contributed by atoms with Gasteiger partial charge in [-0.15, -0.1) is 11.5 Å². The van der Waals surface area contributed by atoms with Gasteiger partial charge in [0.15, 0.2) is 0 Å². The second-order valence-electron chi connectivity index (χ2n) is 4.11. The fourth-order valence-corrected chi connectivity index (χ4v) is 1.72. The van der Waals surface area contributed by atoms with E-state index in [9.17, 15) is 4.79 Å². The molecule has 1 aromatic carbocycles. The lowest BCUT2D eigenvalue weighted by Gasteiger charge is -2.09. The second kappa shape index (κ2) is 6.45. The topological polar surface area (TPSA) is 84.7 Å². The first-order chi connectivity index (χ1) is 9.70. The summed E-state index contributed by atoms with van der Waals surface area (Å²) in [6, 6.07) is 5.50. The Hall–Kier alpha value is -2.72. The first-order valence-corrected chi connectivity index (χ1v) is 5.99. The average molecular weight is 270 g/mol. The molecule has 1 amide bonds. The number of carbonyl (C=O) groups is 1. The molecule has 0 aliphatic heterocycles. The van der Waals surface area contributed by atoms with E-state index < -0.39 is 0 Å². The average Bonchev–Trinajstić information content (AvgIpc) is 2.93. The molecule has 0 unspecified atom stereocenters. The number of anilines is 1. The number of rotatable bonds is 5. The van der Waals surface area contributed by atoms with Crippen molar-refractivity contribution in [2.45, 2.75) is 6.92 Å². The number of terminal acetylenes is 1. The molecule has 2 N–H and O–H groups in total. The molecule has 0 aliphatic carbocycles. The van der Waals surface area contributed by atoms with Crippen LogP contribution >= 0.6 is 0 Å². The van der Waals surface area contributed by atoms with E-state index in [4.69, 9.17) is 6.42 Å². The molecule has 7 heteroatoms. The highest BCUT2D eigenvalue weighted by atomic mass is 16.1. The Labute approximate surface area is 116 Å². The summed E-state index contributed by atoms with van der Waals surface area (Å²) in [5.41, 5.74) is 2.52. The molecule has 1 aromatic heterocycles. The summed E-state index contributed by atoms with van der Waals surface area (Å²) in [4.78, 5) is 11.6. The molecule has 1 heterocycles. The van der Waals surface area contributed by atoms with Gasteiger partial charge in [0.25, 0.3) is 0 Å². The zero-order valence-corrected chi connectivity index (χ0v) is 11.0. The molecule has 0 spiro atoms. The number of aryl methyl sites for hydroxylation is 1. The van der Waals surface area contributed by atoms with Crippen molar-refractivity contribution < 1.29 is 4.79 Å². The number of carbonyl (C=O) groups excluding carboxylic acids is 1. The second-order valence-corrected chi connectivity index (χ2v) is 4.11. The molecule has 0 fully saturated rings. The minimum absolute atomic E-state index is 0.144. The Morgan fingerprint density at radius 2 is 2.35 bits per heavy atom. The van der Waals surface area contributed by atoms with Crippen molar-refractivity contribution in [1.29, 1.82) is 0 Å². The Kier molecular flexibility index (Phi) is 4.42. The van der Waals surface area contributed by atoms with Crippen molar-refractivity contribution in [1.82, 2.24) is 25.5 Å². The van der Waals surface area contributed by atoms with Crippen LogP contribution in [0.2, 0.25) is 0 Å². The lowest BCUT2D eigenvalue weighted by molar-refractivity contribution is -0.115. The summed E-state index contributed by atoms with van der Waals surface area (Å²) in [5.74, 6) is 2.26. The van der Waals surface area contributed by atoms with E-state index in [1.165, 1.54) is 6.33 Å². The minimum atomic E-state index is -0.144. The van der Waals surface area contributed by atoms with Crippen molar-refractivity contribution in [3.05, 3.63) is 30.1 Å². The zero-order valence-electron chi connectivity index (χ0n) is 11.0. The highest BCUT2D eigenvalue weighted by Crippen LogP contribution is 2.17. The monoisotopic (exact) mass is 270 g/mol. The van der Waals surface area contributed by atoms with Crippen LogP contribution in [0.25, 0.3) is 5.69 Å². The van der Waals surface area contributed by atoms with Crippen molar-refractivity contribution in [3.8, 4) is 18.0 Å². The number of aromatic nitrogens is 4. The maximum Gasteiger partial charge on any atom is 0.238 e. The van der Waals surface area contributed by atoms with E-state index in [1.54, 1.807) is 10.7 Å². The lowest BCUT2D eigenvalue weighted by Crippen LogP contribution is -2.28. The summed E-state index contributed by atoms with van der Waals surface area (Å²) in [6.45, 7) is 2.46. The summed E-state index contributed by atoms with van der Waals surface area (Å²) in [5, 5.41) is 16.6. The van der Waals surface area contributed by atoms with Gasteiger partial charge in [0, 0.05) is 5.69 Å². The Morgan fingerprint density at radius 3 is 3.00 bits per heavy atom. The van der Waals surface area contributed by atoms with E-state index in [0.29, 0.717) is 12.2 Å². The minimum Gasteiger partial charge on any atom is -0.325 e. The highest BCUT2D eigenvalue weighted by molar-refractivity contribution is 5.92.